The molecule has 1 heterocycles. The molecule has 0 radical (unpaired) electrons. The first-order valence-corrected chi connectivity index (χ1v) is 5.58. The van der Waals surface area contributed by atoms with E-state index in [4.69, 9.17) is 17.3 Å². The first-order chi connectivity index (χ1) is 7.06. The van der Waals surface area contributed by atoms with Gasteiger partial charge in [-0.1, -0.05) is 24.9 Å². The van der Waals surface area contributed by atoms with Crippen LogP contribution in [-0.4, -0.2) is 18.1 Å². The van der Waals surface area contributed by atoms with Crippen molar-refractivity contribution in [2.24, 2.45) is 0 Å². The van der Waals surface area contributed by atoms with Crippen LogP contribution in [0.5, 0.6) is 0 Å². The van der Waals surface area contributed by atoms with Gasteiger partial charge in [0.2, 0.25) is 0 Å². The van der Waals surface area contributed by atoms with Crippen molar-refractivity contribution in [1.29, 1.82) is 0 Å². The van der Waals surface area contributed by atoms with Crippen LogP contribution in [0.15, 0.2) is 12.3 Å². The van der Waals surface area contributed by atoms with Crippen LogP contribution < -0.4 is 10.6 Å². The van der Waals surface area contributed by atoms with Gasteiger partial charge in [0.25, 0.3) is 0 Å². The van der Waals surface area contributed by atoms with E-state index in [0.29, 0.717) is 16.8 Å². The Bertz CT molecular complexity index is 328. The Balaban J connectivity index is 2.86. The summed E-state index contributed by atoms with van der Waals surface area (Å²) in [5, 5.41) is 0.612. The van der Waals surface area contributed by atoms with Crippen LogP contribution in [0.4, 0.5) is 11.5 Å². The molecule has 0 saturated heterocycles. The Labute approximate surface area is 96.2 Å². The van der Waals surface area contributed by atoms with Crippen molar-refractivity contribution >= 4 is 23.1 Å². The van der Waals surface area contributed by atoms with E-state index in [1.807, 2.05) is 7.05 Å². The minimum Gasteiger partial charge on any atom is -0.397 e. The summed E-state index contributed by atoms with van der Waals surface area (Å²) in [6, 6.07) is 2.17. The number of hydrogen-bond acceptors (Lipinski definition) is 3. The maximum Gasteiger partial charge on any atom is 0.147 e. The molecule has 0 fully saturated rings. The lowest BCUT2D eigenvalue weighted by atomic mass is 10.2. The van der Waals surface area contributed by atoms with Gasteiger partial charge in [0.15, 0.2) is 0 Å². The summed E-state index contributed by atoms with van der Waals surface area (Å²) in [6.07, 6.45) is 3.91. The van der Waals surface area contributed by atoms with Crippen LogP contribution in [0.25, 0.3) is 0 Å². The van der Waals surface area contributed by atoms with Gasteiger partial charge in [-0.2, -0.15) is 0 Å². The smallest absolute Gasteiger partial charge is 0.147 e. The van der Waals surface area contributed by atoms with Crippen molar-refractivity contribution in [2.45, 2.75) is 32.7 Å². The maximum atomic E-state index is 6.08. The Hall–Kier alpha value is -0.960. The summed E-state index contributed by atoms with van der Waals surface area (Å²) >= 11 is 6.08. The lowest BCUT2D eigenvalue weighted by Gasteiger charge is -2.26. The van der Waals surface area contributed by atoms with Crippen molar-refractivity contribution in [3.8, 4) is 0 Å². The number of nitrogens with two attached hydrogens (primary N) is 1. The molecule has 0 bridgehead atoms. The summed E-state index contributed by atoms with van der Waals surface area (Å²) in [5.41, 5.74) is 6.19. The van der Waals surface area contributed by atoms with E-state index in [0.717, 1.165) is 18.7 Å². The second kappa shape index (κ2) is 5.21. The van der Waals surface area contributed by atoms with E-state index in [2.05, 4.69) is 23.7 Å². The lowest BCUT2D eigenvalue weighted by molar-refractivity contribution is 0.611. The van der Waals surface area contributed by atoms with E-state index in [1.165, 1.54) is 0 Å². The highest BCUT2D eigenvalue weighted by Gasteiger charge is 2.13. The zero-order valence-corrected chi connectivity index (χ0v) is 10.3. The van der Waals surface area contributed by atoms with E-state index in [9.17, 15) is 0 Å². The van der Waals surface area contributed by atoms with Crippen molar-refractivity contribution in [3.63, 3.8) is 0 Å². The number of aromatic nitrogens is 1. The molecule has 0 aliphatic rings. The molecule has 0 spiro atoms. The number of anilines is 2. The third-order valence-electron chi connectivity index (χ3n) is 2.54. The first-order valence-electron chi connectivity index (χ1n) is 5.20. The first kappa shape index (κ1) is 12.1. The monoisotopic (exact) mass is 227 g/mol. The molecule has 4 heteroatoms. The summed E-state index contributed by atoms with van der Waals surface area (Å²) in [4.78, 5) is 6.34. The van der Waals surface area contributed by atoms with E-state index < -0.39 is 0 Å². The van der Waals surface area contributed by atoms with Crippen LogP contribution in [0.3, 0.4) is 0 Å². The van der Waals surface area contributed by atoms with Crippen molar-refractivity contribution in [2.75, 3.05) is 17.7 Å². The summed E-state index contributed by atoms with van der Waals surface area (Å²) in [5.74, 6) is 0.798. The number of nitrogen functional groups attached to an aromatic ring is 1. The van der Waals surface area contributed by atoms with E-state index in [1.54, 1.807) is 12.3 Å². The average Bonchev–Trinajstić information content (AvgIpc) is 2.17. The number of halogens is 1. The SMILES string of the molecule is CCCC(C)N(C)c1ncc(N)cc1Cl. The number of nitrogens with zero attached hydrogens (tertiary/aromatic N) is 2. The van der Waals surface area contributed by atoms with Gasteiger partial charge in [-0.3, -0.25) is 0 Å². The molecule has 3 nitrogen and oxygen atoms in total. The molecule has 1 rings (SSSR count). The number of rotatable bonds is 4. The zero-order chi connectivity index (χ0) is 11.4. The maximum absolute atomic E-state index is 6.08. The number of hydrogen-bond donors (Lipinski definition) is 1. The predicted molar refractivity (Wildman–Crippen MR) is 66.4 cm³/mol. The second-order valence-electron chi connectivity index (χ2n) is 3.82. The van der Waals surface area contributed by atoms with E-state index in [-0.39, 0.29) is 0 Å². The highest BCUT2D eigenvalue weighted by atomic mass is 35.5. The minimum absolute atomic E-state index is 0.434. The molecule has 0 amide bonds. The normalized spacial score (nSPS) is 12.5. The summed E-state index contributed by atoms with van der Waals surface area (Å²) in [6.45, 7) is 4.33. The van der Waals surface area contributed by atoms with Crippen LogP contribution in [0, 0.1) is 0 Å². The van der Waals surface area contributed by atoms with Gasteiger partial charge in [0, 0.05) is 13.1 Å². The van der Waals surface area contributed by atoms with Gasteiger partial charge in [0.05, 0.1) is 16.9 Å². The molecule has 15 heavy (non-hydrogen) atoms. The average molecular weight is 228 g/mol. The molecule has 84 valence electrons. The predicted octanol–water partition coefficient (Wildman–Crippen LogP) is 2.94. The molecule has 0 saturated carbocycles. The molecule has 0 aliphatic carbocycles. The highest BCUT2D eigenvalue weighted by Crippen LogP contribution is 2.26. The second-order valence-corrected chi connectivity index (χ2v) is 4.23. The fraction of sp³-hybridized carbons (Fsp3) is 0.545. The molecular formula is C11H18ClN3. The number of pyridine rings is 1. The van der Waals surface area contributed by atoms with Gasteiger partial charge in [-0.05, 0) is 19.4 Å². The Morgan fingerprint density at radius 3 is 2.80 bits per heavy atom. The van der Waals surface area contributed by atoms with Crippen LogP contribution >= 0.6 is 11.6 Å². The molecule has 1 aromatic heterocycles. The fourth-order valence-electron chi connectivity index (χ4n) is 1.53. The molecule has 2 N–H and O–H groups in total. The third kappa shape index (κ3) is 2.99. The van der Waals surface area contributed by atoms with Gasteiger partial charge in [-0.25, -0.2) is 4.98 Å². The van der Waals surface area contributed by atoms with Gasteiger partial charge in [-0.15, -0.1) is 0 Å². The van der Waals surface area contributed by atoms with Gasteiger partial charge < -0.3 is 10.6 Å². The topological polar surface area (TPSA) is 42.2 Å². The van der Waals surface area contributed by atoms with Gasteiger partial charge >= 0.3 is 0 Å². The van der Waals surface area contributed by atoms with Crippen LogP contribution in [-0.2, 0) is 0 Å². The molecule has 1 aromatic rings. The van der Waals surface area contributed by atoms with Crippen molar-refractivity contribution in [1.82, 2.24) is 4.98 Å². The van der Waals surface area contributed by atoms with E-state index >= 15 is 0 Å². The standard InChI is InChI=1S/C11H18ClN3/c1-4-5-8(2)15(3)11-10(12)6-9(13)7-14-11/h6-8H,4-5,13H2,1-3H3. The van der Waals surface area contributed by atoms with Crippen molar-refractivity contribution in [3.05, 3.63) is 17.3 Å². The Kier molecular flexibility index (Phi) is 4.21. The Morgan fingerprint density at radius 1 is 1.60 bits per heavy atom. The fourth-order valence-corrected chi connectivity index (χ4v) is 1.83. The molecular weight excluding hydrogens is 210 g/mol. The molecule has 1 unspecified atom stereocenters. The van der Waals surface area contributed by atoms with Crippen LogP contribution in [0.1, 0.15) is 26.7 Å². The molecule has 1 atom stereocenters. The quantitative estimate of drug-likeness (QED) is 0.860. The third-order valence-corrected chi connectivity index (χ3v) is 2.82. The van der Waals surface area contributed by atoms with Crippen molar-refractivity contribution < 1.29 is 0 Å². The Morgan fingerprint density at radius 2 is 2.27 bits per heavy atom. The summed E-state index contributed by atoms with van der Waals surface area (Å²) < 4.78 is 0. The molecule has 0 aliphatic heterocycles. The minimum atomic E-state index is 0.434. The summed E-state index contributed by atoms with van der Waals surface area (Å²) in [7, 11) is 2.00. The highest BCUT2D eigenvalue weighted by molar-refractivity contribution is 6.33. The van der Waals surface area contributed by atoms with Gasteiger partial charge in [0.1, 0.15) is 5.82 Å². The zero-order valence-electron chi connectivity index (χ0n) is 9.50. The lowest BCUT2D eigenvalue weighted by Crippen LogP contribution is -2.29. The van der Waals surface area contributed by atoms with Crippen LogP contribution in [0.2, 0.25) is 5.02 Å². The largest absolute Gasteiger partial charge is 0.397 e. The molecule has 0 aromatic carbocycles.